The third-order valence-corrected chi connectivity index (χ3v) is 4.01. The first-order valence-electron chi connectivity index (χ1n) is 5.39. The Labute approximate surface area is 110 Å². The van der Waals surface area contributed by atoms with Gasteiger partial charge in [0.25, 0.3) is 0 Å². The molecule has 0 bridgehead atoms. The SMILES string of the molecule is NCC(c1cccs1)C(O)c1ccc(Cl)cc1. The molecular formula is C13H14ClNOS. The maximum absolute atomic E-state index is 10.3. The Morgan fingerprint density at radius 3 is 2.47 bits per heavy atom. The number of thiophene rings is 1. The number of nitrogens with two attached hydrogens (primary N) is 1. The van der Waals surface area contributed by atoms with Crippen LogP contribution in [0, 0.1) is 0 Å². The summed E-state index contributed by atoms with van der Waals surface area (Å²) in [5, 5.41) is 13.0. The van der Waals surface area contributed by atoms with Gasteiger partial charge in [-0.2, -0.15) is 0 Å². The zero-order valence-electron chi connectivity index (χ0n) is 9.21. The van der Waals surface area contributed by atoms with Crippen LogP contribution < -0.4 is 5.73 Å². The number of hydrogen-bond donors (Lipinski definition) is 2. The van der Waals surface area contributed by atoms with Crippen molar-refractivity contribution in [1.82, 2.24) is 0 Å². The predicted octanol–water partition coefficient (Wildman–Crippen LogP) is 3.18. The Kier molecular flexibility index (Phi) is 4.18. The van der Waals surface area contributed by atoms with Gasteiger partial charge < -0.3 is 10.8 Å². The van der Waals surface area contributed by atoms with Crippen LogP contribution in [0.4, 0.5) is 0 Å². The molecule has 0 fully saturated rings. The standard InChI is InChI=1S/C13H14ClNOS/c14-10-5-3-9(4-6-10)13(16)11(8-15)12-2-1-7-17-12/h1-7,11,13,16H,8,15H2. The molecule has 90 valence electrons. The molecule has 0 saturated heterocycles. The molecule has 1 aromatic carbocycles. The van der Waals surface area contributed by atoms with E-state index in [1.165, 1.54) is 0 Å². The minimum atomic E-state index is -0.587. The van der Waals surface area contributed by atoms with Gasteiger partial charge in [-0.25, -0.2) is 0 Å². The van der Waals surface area contributed by atoms with Crippen molar-refractivity contribution in [2.45, 2.75) is 12.0 Å². The van der Waals surface area contributed by atoms with Crippen LogP contribution in [0.1, 0.15) is 22.5 Å². The van der Waals surface area contributed by atoms with Crippen LogP contribution in [0.15, 0.2) is 41.8 Å². The van der Waals surface area contributed by atoms with Crippen molar-refractivity contribution in [2.75, 3.05) is 6.54 Å². The van der Waals surface area contributed by atoms with Gasteiger partial charge >= 0.3 is 0 Å². The molecule has 4 heteroatoms. The van der Waals surface area contributed by atoms with Gasteiger partial charge in [0.15, 0.2) is 0 Å². The maximum atomic E-state index is 10.3. The minimum Gasteiger partial charge on any atom is -0.388 e. The van der Waals surface area contributed by atoms with Crippen molar-refractivity contribution in [3.05, 3.63) is 57.2 Å². The molecule has 0 aliphatic heterocycles. The minimum absolute atomic E-state index is 0.0591. The molecule has 0 spiro atoms. The second-order valence-electron chi connectivity index (χ2n) is 3.85. The van der Waals surface area contributed by atoms with E-state index in [1.807, 2.05) is 29.6 Å². The number of aliphatic hydroxyl groups is 1. The summed E-state index contributed by atoms with van der Waals surface area (Å²) in [6, 6.07) is 11.2. The van der Waals surface area contributed by atoms with Gasteiger partial charge in [0.05, 0.1) is 6.10 Å². The zero-order valence-corrected chi connectivity index (χ0v) is 10.8. The first-order chi connectivity index (χ1) is 8.22. The third kappa shape index (κ3) is 2.87. The number of hydrogen-bond acceptors (Lipinski definition) is 3. The fraction of sp³-hybridized carbons (Fsp3) is 0.231. The van der Waals surface area contributed by atoms with E-state index in [4.69, 9.17) is 17.3 Å². The first-order valence-corrected chi connectivity index (χ1v) is 6.65. The van der Waals surface area contributed by atoms with Gasteiger partial charge in [-0.05, 0) is 29.1 Å². The van der Waals surface area contributed by atoms with E-state index in [0.717, 1.165) is 10.4 Å². The van der Waals surface area contributed by atoms with Gasteiger partial charge in [0.1, 0.15) is 0 Å². The predicted molar refractivity (Wildman–Crippen MR) is 72.5 cm³/mol. The monoisotopic (exact) mass is 267 g/mol. The Morgan fingerprint density at radius 2 is 1.94 bits per heavy atom. The van der Waals surface area contributed by atoms with Crippen LogP contribution in [-0.4, -0.2) is 11.7 Å². The van der Waals surface area contributed by atoms with Crippen LogP contribution in [0.2, 0.25) is 5.02 Å². The largest absolute Gasteiger partial charge is 0.388 e. The molecule has 3 N–H and O–H groups in total. The smallest absolute Gasteiger partial charge is 0.0878 e. The highest BCUT2D eigenvalue weighted by molar-refractivity contribution is 7.10. The lowest BCUT2D eigenvalue weighted by molar-refractivity contribution is 0.149. The summed E-state index contributed by atoms with van der Waals surface area (Å²) in [5.74, 6) is -0.0591. The van der Waals surface area contributed by atoms with E-state index in [9.17, 15) is 5.11 Å². The summed E-state index contributed by atoms with van der Waals surface area (Å²) in [6.45, 7) is 0.421. The average Bonchev–Trinajstić information content (AvgIpc) is 2.84. The topological polar surface area (TPSA) is 46.2 Å². The fourth-order valence-corrected chi connectivity index (χ4v) is 2.79. The van der Waals surface area contributed by atoms with Crippen molar-refractivity contribution < 1.29 is 5.11 Å². The van der Waals surface area contributed by atoms with Gasteiger partial charge in [0.2, 0.25) is 0 Å². The summed E-state index contributed by atoms with van der Waals surface area (Å²) in [6.07, 6.45) is -0.587. The summed E-state index contributed by atoms with van der Waals surface area (Å²) >= 11 is 7.44. The van der Waals surface area contributed by atoms with Gasteiger partial charge in [-0.15, -0.1) is 11.3 Å². The molecule has 1 aromatic heterocycles. The molecule has 0 radical (unpaired) electrons. The molecule has 2 unspecified atom stereocenters. The van der Waals surface area contributed by atoms with Crippen LogP contribution in [0.25, 0.3) is 0 Å². The van der Waals surface area contributed by atoms with Crippen molar-refractivity contribution in [3.8, 4) is 0 Å². The molecule has 0 saturated carbocycles. The molecule has 2 aromatic rings. The number of rotatable bonds is 4. The van der Waals surface area contributed by atoms with Crippen LogP contribution in [0.3, 0.4) is 0 Å². The van der Waals surface area contributed by atoms with Crippen molar-refractivity contribution in [3.63, 3.8) is 0 Å². The fourth-order valence-electron chi connectivity index (χ4n) is 1.80. The summed E-state index contributed by atoms with van der Waals surface area (Å²) in [5.41, 5.74) is 6.60. The van der Waals surface area contributed by atoms with E-state index in [-0.39, 0.29) is 5.92 Å². The number of halogens is 1. The Bertz CT molecular complexity index is 455. The van der Waals surface area contributed by atoms with Gasteiger partial charge in [-0.1, -0.05) is 29.8 Å². The molecule has 17 heavy (non-hydrogen) atoms. The molecule has 2 rings (SSSR count). The van der Waals surface area contributed by atoms with E-state index in [1.54, 1.807) is 23.5 Å². The lowest BCUT2D eigenvalue weighted by Gasteiger charge is -2.20. The second kappa shape index (κ2) is 5.65. The second-order valence-corrected chi connectivity index (χ2v) is 5.27. The van der Waals surface area contributed by atoms with Crippen LogP contribution in [-0.2, 0) is 0 Å². The molecule has 2 atom stereocenters. The summed E-state index contributed by atoms with van der Waals surface area (Å²) < 4.78 is 0. The van der Waals surface area contributed by atoms with E-state index >= 15 is 0 Å². The van der Waals surface area contributed by atoms with Crippen molar-refractivity contribution >= 4 is 22.9 Å². The first kappa shape index (κ1) is 12.6. The van der Waals surface area contributed by atoms with E-state index < -0.39 is 6.10 Å². The highest BCUT2D eigenvalue weighted by Crippen LogP contribution is 2.33. The zero-order chi connectivity index (χ0) is 12.3. The molecule has 0 aliphatic carbocycles. The highest BCUT2D eigenvalue weighted by Gasteiger charge is 2.22. The average molecular weight is 268 g/mol. The quantitative estimate of drug-likeness (QED) is 0.894. The molecule has 0 aliphatic rings. The number of benzene rings is 1. The lowest BCUT2D eigenvalue weighted by Crippen LogP contribution is -2.19. The third-order valence-electron chi connectivity index (χ3n) is 2.76. The van der Waals surface area contributed by atoms with Crippen LogP contribution >= 0.6 is 22.9 Å². The summed E-state index contributed by atoms with van der Waals surface area (Å²) in [4.78, 5) is 1.11. The molecule has 0 amide bonds. The van der Waals surface area contributed by atoms with E-state index in [2.05, 4.69) is 0 Å². The van der Waals surface area contributed by atoms with Crippen molar-refractivity contribution in [1.29, 1.82) is 0 Å². The van der Waals surface area contributed by atoms with Gasteiger partial charge in [0, 0.05) is 22.4 Å². The Hall–Kier alpha value is -0.870. The lowest BCUT2D eigenvalue weighted by atomic mass is 9.94. The molecular weight excluding hydrogens is 254 g/mol. The molecule has 2 nitrogen and oxygen atoms in total. The van der Waals surface area contributed by atoms with Gasteiger partial charge in [-0.3, -0.25) is 0 Å². The Morgan fingerprint density at radius 1 is 1.24 bits per heavy atom. The summed E-state index contributed by atoms with van der Waals surface area (Å²) in [7, 11) is 0. The van der Waals surface area contributed by atoms with E-state index in [0.29, 0.717) is 11.6 Å². The molecule has 1 heterocycles. The maximum Gasteiger partial charge on any atom is 0.0878 e. The van der Waals surface area contributed by atoms with Crippen LogP contribution in [0.5, 0.6) is 0 Å². The normalized spacial score (nSPS) is 14.5. The number of aliphatic hydroxyl groups excluding tert-OH is 1. The Balaban J connectivity index is 2.23. The highest BCUT2D eigenvalue weighted by atomic mass is 35.5. The van der Waals surface area contributed by atoms with Crippen molar-refractivity contribution in [2.24, 2.45) is 5.73 Å².